The summed E-state index contributed by atoms with van der Waals surface area (Å²) in [5.41, 5.74) is 0.936. The first-order valence-electron chi connectivity index (χ1n) is 7.85. The second kappa shape index (κ2) is 11.7. The zero-order chi connectivity index (χ0) is 15.4. The smallest absolute Gasteiger partial charge is 0.242 e. The summed E-state index contributed by atoms with van der Waals surface area (Å²) < 4.78 is 0. The van der Waals surface area contributed by atoms with Gasteiger partial charge in [-0.1, -0.05) is 39.8 Å². The fourth-order valence-electron chi connectivity index (χ4n) is 2.01. The molecule has 1 aliphatic carbocycles. The van der Waals surface area contributed by atoms with Crippen molar-refractivity contribution in [2.24, 2.45) is 0 Å². The molecule has 1 aliphatic heterocycles. The quantitative estimate of drug-likeness (QED) is 0.816. The molecule has 4 nitrogen and oxygen atoms in total. The Morgan fingerprint density at radius 3 is 2.55 bits per heavy atom. The third-order valence-electron chi connectivity index (χ3n) is 2.96. The second-order valence-electron chi connectivity index (χ2n) is 4.40. The van der Waals surface area contributed by atoms with Crippen molar-refractivity contribution in [2.45, 2.75) is 46.6 Å². The van der Waals surface area contributed by atoms with Crippen molar-refractivity contribution in [1.29, 1.82) is 0 Å². The molecule has 1 atom stereocenters. The summed E-state index contributed by atoms with van der Waals surface area (Å²) in [4.78, 5) is 14.1. The van der Waals surface area contributed by atoms with E-state index < -0.39 is 0 Å². The Labute approximate surface area is 124 Å². The zero-order valence-corrected chi connectivity index (χ0v) is 13.7. The average Bonchev–Trinajstić information content (AvgIpc) is 2.52. The van der Waals surface area contributed by atoms with Crippen LogP contribution in [0.2, 0.25) is 0 Å². The number of piperazine rings is 1. The van der Waals surface area contributed by atoms with Gasteiger partial charge in [0.05, 0.1) is 6.04 Å². The average molecular weight is 281 g/mol. The lowest BCUT2D eigenvalue weighted by atomic mass is 10.1. The molecule has 4 heteroatoms. The molecule has 0 aromatic heterocycles. The summed E-state index contributed by atoms with van der Waals surface area (Å²) in [7, 11) is 2.04. The van der Waals surface area contributed by atoms with E-state index in [4.69, 9.17) is 0 Å². The van der Waals surface area contributed by atoms with Crippen LogP contribution in [0.4, 0.5) is 0 Å². The summed E-state index contributed by atoms with van der Waals surface area (Å²) in [6.45, 7) is 10.7. The number of hydrogen-bond acceptors (Lipinski definition) is 3. The van der Waals surface area contributed by atoms with Crippen molar-refractivity contribution in [1.82, 2.24) is 15.5 Å². The number of carbonyl (C=O) groups is 1. The normalized spacial score (nSPS) is 21.6. The molecule has 0 radical (unpaired) electrons. The molecule has 1 unspecified atom stereocenters. The van der Waals surface area contributed by atoms with Gasteiger partial charge in [0.15, 0.2) is 0 Å². The highest BCUT2D eigenvalue weighted by Gasteiger charge is 2.23. The van der Waals surface area contributed by atoms with E-state index in [2.05, 4.69) is 27.7 Å². The predicted octanol–water partition coefficient (Wildman–Crippen LogP) is 2.29. The molecular formula is C16H31N3O. The maximum absolute atomic E-state index is 11.9. The van der Waals surface area contributed by atoms with E-state index in [0.29, 0.717) is 0 Å². The van der Waals surface area contributed by atoms with Crippen LogP contribution in [0, 0.1) is 0 Å². The molecular weight excluding hydrogens is 250 g/mol. The molecule has 20 heavy (non-hydrogen) atoms. The van der Waals surface area contributed by atoms with Crippen LogP contribution in [0.15, 0.2) is 23.9 Å². The number of carbonyl (C=O) groups excluding carboxylic acids is 1. The lowest BCUT2D eigenvalue weighted by Gasteiger charge is -2.30. The van der Waals surface area contributed by atoms with Gasteiger partial charge in [-0.2, -0.15) is 0 Å². The largest absolute Gasteiger partial charge is 0.325 e. The first-order valence-corrected chi connectivity index (χ1v) is 7.85. The minimum Gasteiger partial charge on any atom is -0.325 e. The monoisotopic (exact) mass is 281 g/mol. The van der Waals surface area contributed by atoms with E-state index in [1.54, 1.807) is 0 Å². The van der Waals surface area contributed by atoms with E-state index in [1.165, 1.54) is 0 Å². The van der Waals surface area contributed by atoms with Crippen molar-refractivity contribution in [2.75, 3.05) is 26.7 Å². The third-order valence-corrected chi connectivity index (χ3v) is 2.96. The highest BCUT2D eigenvalue weighted by atomic mass is 16.2. The number of allylic oxidation sites excluding steroid dienone is 3. The molecule has 2 N–H and O–H groups in total. The lowest BCUT2D eigenvalue weighted by molar-refractivity contribution is -0.123. The van der Waals surface area contributed by atoms with Crippen LogP contribution in [0.5, 0.6) is 0 Å². The Balaban J connectivity index is 0.000000829. The number of amides is 1. The van der Waals surface area contributed by atoms with Gasteiger partial charge in [0, 0.05) is 25.3 Å². The zero-order valence-electron chi connectivity index (χ0n) is 13.7. The summed E-state index contributed by atoms with van der Waals surface area (Å²) in [5, 5.41) is 6.19. The van der Waals surface area contributed by atoms with Crippen molar-refractivity contribution in [3.8, 4) is 0 Å². The molecule has 2 aliphatic rings. The van der Waals surface area contributed by atoms with E-state index in [9.17, 15) is 4.79 Å². The number of hydrogen-bond donors (Lipinski definition) is 2. The summed E-state index contributed by atoms with van der Waals surface area (Å²) in [5.74, 6) is 0.0735. The number of likely N-dealkylation sites (N-methyl/N-ethyl adjacent to an activating group) is 1. The molecule has 0 aromatic carbocycles. The maximum atomic E-state index is 11.9. The SMILES string of the molecule is CC.CC.CN1CCNC(C(=O)NC2=CCCC=C2)C1. The fraction of sp³-hybridized carbons (Fsp3) is 0.688. The van der Waals surface area contributed by atoms with E-state index in [1.807, 2.05) is 40.8 Å². The Hall–Kier alpha value is -1.13. The second-order valence-corrected chi connectivity index (χ2v) is 4.40. The van der Waals surface area contributed by atoms with Gasteiger partial charge < -0.3 is 15.5 Å². The minimum atomic E-state index is -0.0880. The van der Waals surface area contributed by atoms with Crippen molar-refractivity contribution in [3.05, 3.63) is 23.9 Å². The van der Waals surface area contributed by atoms with Gasteiger partial charge >= 0.3 is 0 Å². The number of rotatable bonds is 2. The van der Waals surface area contributed by atoms with Crippen LogP contribution in [0.1, 0.15) is 40.5 Å². The molecule has 1 heterocycles. The van der Waals surface area contributed by atoms with Crippen LogP contribution < -0.4 is 10.6 Å². The minimum absolute atomic E-state index is 0.0735. The van der Waals surface area contributed by atoms with Gasteiger partial charge in [0.1, 0.15) is 0 Å². The van der Waals surface area contributed by atoms with E-state index >= 15 is 0 Å². The number of nitrogens with one attached hydrogen (secondary N) is 2. The number of nitrogens with zero attached hydrogens (tertiary/aromatic N) is 1. The summed E-state index contributed by atoms with van der Waals surface area (Å²) in [6.07, 6.45) is 8.24. The summed E-state index contributed by atoms with van der Waals surface area (Å²) in [6, 6.07) is -0.0880. The van der Waals surface area contributed by atoms with Crippen LogP contribution in [0.3, 0.4) is 0 Å². The molecule has 116 valence electrons. The molecule has 0 bridgehead atoms. The Kier molecular flexibility index (Phi) is 11.0. The fourth-order valence-corrected chi connectivity index (χ4v) is 2.01. The molecule has 1 saturated heterocycles. The van der Waals surface area contributed by atoms with Gasteiger partial charge in [-0.25, -0.2) is 0 Å². The first-order chi connectivity index (χ1) is 9.75. The van der Waals surface area contributed by atoms with E-state index in [-0.39, 0.29) is 11.9 Å². The summed E-state index contributed by atoms with van der Waals surface area (Å²) >= 11 is 0. The van der Waals surface area contributed by atoms with Crippen molar-refractivity contribution < 1.29 is 4.79 Å². The highest BCUT2D eigenvalue weighted by molar-refractivity contribution is 5.84. The van der Waals surface area contributed by atoms with Gasteiger partial charge in [0.25, 0.3) is 0 Å². The van der Waals surface area contributed by atoms with Gasteiger partial charge in [0.2, 0.25) is 5.91 Å². The van der Waals surface area contributed by atoms with Crippen LogP contribution in [0.25, 0.3) is 0 Å². The standard InChI is InChI=1S/C12H19N3O.2C2H6/c1-15-8-7-13-11(9-15)12(16)14-10-5-3-2-4-6-10;2*1-2/h3,5-6,11,13H,2,4,7-9H2,1H3,(H,14,16);2*1-2H3. The molecule has 1 amide bonds. The highest BCUT2D eigenvalue weighted by Crippen LogP contribution is 2.07. The maximum Gasteiger partial charge on any atom is 0.242 e. The lowest BCUT2D eigenvalue weighted by Crippen LogP contribution is -2.55. The van der Waals surface area contributed by atoms with Crippen molar-refractivity contribution >= 4 is 5.91 Å². The van der Waals surface area contributed by atoms with Crippen molar-refractivity contribution in [3.63, 3.8) is 0 Å². The van der Waals surface area contributed by atoms with E-state index in [0.717, 1.165) is 38.2 Å². The van der Waals surface area contributed by atoms with Gasteiger partial charge in [-0.15, -0.1) is 0 Å². The molecule has 0 aromatic rings. The Bertz CT molecular complexity index is 324. The molecule has 0 saturated carbocycles. The topological polar surface area (TPSA) is 44.4 Å². The first kappa shape index (κ1) is 18.9. The molecule has 0 spiro atoms. The van der Waals surface area contributed by atoms with Gasteiger partial charge in [-0.3, -0.25) is 4.79 Å². The van der Waals surface area contributed by atoms with Crippen LogP contribution >= 0.6 is 0 Å². The third kappa shape index (κ3) is 6.87. The van der Waals surface area contributed by atoms with Crippen LogP contribution in [-0.4, -0.2) is 43.5 Å². The molecule has 2 rings (SSSR count). The predicted molar refractivity (Wildman–Crippen MR) is 86.6 cm³/mol. The van der Waals surface area contributed by atoms with Gasteiger partial charge in [-0.05, 0) is 26.0 Å². The molecule has 1 fully saturated rings. The van der Waals surface area contributed by atoms with Crippen LogP contribution in [-0.2, 0) is 4.79 Å². The Morgan fingerprint density at radius 2 is 2.00 bits per heavy atom. The Morgan fingerprint density at radius 1 is 1.30 bits per heavy atom.